The van der Waals surface area contributed by atoms with Gasteiger partial charge in [-0.25, -0.2) is 0 Å². The summed E-state index contributed by atoms with van der Waals surface area (Å²) in [6, 6.07) is 13.2. The van der Waals surface area contributed by atoms with Crippen LogP contribution in [0.3, 0.4) is 0 Å². The summed E-state index contributed by atoms with van der Waals surface area (Å²) in [4.78, 5) is 12.2. The number of rotatable bonds is 5. The minimum Gasteiger partial charge on any atom is -0.491 e. The molecule has 126 valence electrons. The Hall–Kier alpha value is -2.20. The fourth-order valence-electron chi connectivity index (χ4n) is 3.07. The lowest BCUT2D eigenvalue weighted by Crippen LogP contribution is -2.31. The number of nitrogen functional groups attached to an aromatic ring is 1. The average Bonchev–Trinajstić information content (AvgIpc) is 2.56. The maximum atomic E-state index is 12.2. The number of para-hydroxylation sites is 1. The molecule has 2 aromatic rings. The normalized spacial score (nSPS) is 16.3. The number of fused-ring (bicyclic) bond motifs is 1. The lowest BCUT2D eigenvalue weighted by Gasteiger charge is -2.26. The van der Waals surface area contributed by atoms with E-state index in [1.165, 1.54) is 11.1 Å². The van der Waals surface area contributed by atoms with Crippen LogP contribution in [0.1, 0.15) is 36.4 Å². The van der Waals surface area contributed by atoms with Gasteiger partial charge in [0.2, 0.25) is 5.91 Å². The molecule has 0 radical (unpaired) electrons. The molecule has 4 nitrogen and oxygen atoms in total. The fourth-order valence-corrected chi connectivity index (χ4v) is 3.26. The van der Waals surface area contributed by atoms with Crippen molar-refractivity contribution >= 4 is 23.2 Å². The van der Waals surface area contributed by atoms with E-state index >= 15 is 0 Å². The number of benzene rings is 2. The van der Waals surface area contributed by atoms with Gasteiger partial charge in [-0.3, -0.25) is 4.79 Å². The van der Waals surface area contributed by atoms with Gasteiger partial charge in [0.15, 0.2) is 0 Å². The summed E-state index contributed by atoms with van der Waals surface area (Å²) >= 11 is 6.03. The van der Waals surface area contributed by atoms with Crippen LogP contribution in [0.25, 0.3) is 0 Å². The minimum atomic E-state index is -0.0169. The third-order valence-corrected chi connectivity index (χ3v) is 4.55. The van der Waals surface area contributed by atoms with Crippen molar-refractivity contribution in [3.05, 3.63) is 58.6 Å². The molecule has 1 aliphatic carbocycles. The summed E-state index contributed by atoms with van der Waals surface area (Å²) in [6.07, 6.45) is 3.32. The van der Waals surface area contributed by atoms with E-state index in [9.17, 15) is 4.79 Å². The van der Waals surface area contributed by atoms with Crippen LogP contribution < -0.4 is 15.8 Å². The second-order valence-corrected chi connectivity index (χ2v) is 6.41. The predicted octanol–water partition coefficient (Wildman–Crippen LogP) is 3.88. The highest BCUT2D eigenvalue weighted by Gasteiger charge is 2.21. The van der Waals surface area contributed by atoms with Crippen molar-refractivity contribution in [1.29, 1.82) is 0 Å². The summed E-state index contributed by atoms with van der Waals surface area (Å²) in [5, 5.41) is 3.66. The van der Waals surface area contributed by atoms with Gasteiger partial charge < -0.3 is 15.8 Å². The van der Waals surface area contributed by atoms with E-state index in [1.54, 1.807) is 12.1 Å². The third-order valence-electron chi connectivity index (χ3n) is 4.24. The zero-order valence-corrected chi connectivity index (χ0v) is 14.2. The monoisotopic (exact) mass is 344 g/mol. The lowest BCUT2D eigenvalue weighted by atomic mass is 9.87. The van der Waals surface area contributed by atoms with E-state index in [4.69, 9.17) is 22.1 Å². The number of ether oxygens (including phenoxy) is 1. The molecule has 24 heavy (non-hydrogen) atoms. The number of aryl methyl sites for hydroxylation is 1. The Bertz CT molecular complexity index is 733. The van der Waals surface area contributed by atoms with Crippen molar-refractivity contribution in [2.45, 2.75) is 31.7 Å². The van der Waals surface area contributed by atoms with Gasteiger partial charge in [-0.15, -0.1) is 0 Å². The third kappa shape index (κ3) is 4.01. The standard InChI is InChI=1S/C19H21ClN2O2/c20-16-5-1-2-7-18(16)24-11-10-19(23)22-17-6-3-4-13-12-14(21)8-9-15(13)17/h1-2,5,7-9,12,17H,3-4,6,10-11,21H2,(H,22,23). The van der Waals surface area contributed by atoms with Gasteiger partial charge >= 0.3 is 0 Å². The van der Waals surface area contributed by atoms with E-state index in [1.807, 2.05) is 30.3 Å². The molecule has 5 heteroatoms. The topological polar surface area (TPSA) is 64.3 Å². The Labute approximate surface area is 147 Å². The maximum absolute atomic E-state index is 12.2. The number of carbonyl (C=O) groups is 1. The molecule has 2 aromatic carbocycles. The molecule has 1 amide bonds. The van der Waals surface area contributed by atoms with E-state index in [2.05, 4.69) is 5.32 Å². The molecule has 3 N–H and O–H groups in total. The van der Waals surface area contributed by atoms with Gasteiger partial charge in [-0.2, -0.15) is 0 Å². The first-order valence-corrected chi connectivity index (χ1v) is 8.56. The van der Waals surface area contributed by atoms with Crippen LogP contribution in [-0.2, 0) is 11.2 Å². The molecular formula is C19H21ClN2O2. The summed E-state index contributed by atoms with van der Waals surface area (Å²) in [6.45, 7) is 0.302. The number of hydrogen-bond acceptors (Lipinski definition) is 3. The van der Waals surface area contributed by atoms with Crippen LogP contribution in [0.4, 0.5) is 5.69 Å². The molecule has 0 heterocycles. The van der Waals surface area contributed by atoms with Crippen LogP contribution in [0.5, 0.6) is 5.75 Å². The first-order valence-electron chi connectivity index (χ1n) is 8.18. The van der Waals surface area contributed by atoms with Crippen molar-refractivity contribution in [3.63, 3.8) is 0 Å². The molecule has 0 fully saturated rings. The Kier molecular flexibility index (Phi) is 5.26. The molecule has 0 aromatic heterocycles. The highest BCUT2D eigenvalue weighted by atomic mass is 35.5. The van der Waals surface area contributed by atoms with Gasteiger partial charge in [0.25, 0.3) is 0 Å². The SMILES string of the molecule is Nc1ccc2c(c1)CCCC2NC(=O)CCOc1ccccc1Cl. The fraction of sp³-hybridized carbons (Fsp3) is 0.316. The summed E-state index contributed by atoms with van der Waals surface area (Å²) in [7, 11) is 0. The van der Waals surface area contributed by atoms with Crippen LogP contribution in [0, 0.1) is 0 Å². The van der Waals surface area contributed by atoms with Crippen LogP contribution >= 0.6 is 11.6 Å². The summed E-state index contributed by atoms with van der Waals surface area (Å²) in [5.41, 5.74) is 9.03. The second kappa shape index (κ2) is 7.58. The number of amides is 1. The molecule has 0 spiro atoms. The number of nitrogens with two attached hydrogens (primary N) is 1. The molecule has 0 bridgehead atoms. The van der Waals surface area contributed by atoms with Crippen molar-refractivity contribution in [2.75, 3.05) is 12.3 Å². The van der Waals surface area contributed by atoms with Crippen molar-refractivity contribution in [2.24, 2.45) is 0 Å². The van der Waals surface area contributed by atoms with Crippen LogP contribution in [0.15, 0.2) is 42.5 Å². The van der Waals surface area contributed by atoms with Crippen molar-refractivity contribution in [1.82, 2.24) is 5.32 Å². The molecular weight excluding hydrogens is 324 g/mol. The van der Waals surface area contributed by atoms with Gasteiger partial charge in [-0.05, 0) is 54.7 Å². The Morgan fingerprint density at radius 1 is 1.29 bits per heavy atom. The number of hydrogen-bond donors (Lipinski definition) is 2. The smallest absolute Gasteiger partial charge is 0.223 e. The van der Waals surface area contributed by atoms with Gasteiger partial charge in [-0.1, -0.05) is 29.8 Å². The first-order chi connectivity index (χ1) is 11.6. The Morgan fingerprint density at radius 3 is 2.96 bits per heavy atom. The maximum Gasteiger partial charge on any atom is 0.223 e. The summed E-state index contributed by atoms with van der Waals surface area (Å²) < 4.78 is 5.57. The van der Waals surface area contributed by atoms with Crippen molar-refractivity contribution in [3.8, 4) is 5.75 Å². The highest BCUT2D eigenvalue weighted by molar-refractivity contribution is 6.32. The number of nitrogens with one attached hydrogen (secondary N) is 1. The number of anilines is 1. The average molecular weight is 345 g/mol. The number of carbonyl (C=O) groups excluding carboxylic acids is 1. The van der Waals surface area contributed by atoms with Gasteiger partial charge in [0.05, 0.1) is 24.1 Å². The molecule has 0 saturated heterocycles. The van der Waals surface area contributed by atoms with Gasteiger partial charge in [0, 0.05) is 5.69 Å². The van der Waals surface area contributed by atoms with Crippen LogP contribution in [-0.4, -0.2) is 12.5 Å². The van der Waals surface area contributed by atoms with Crippen LogP contribution in [0.2, 0.25) is 5.02 Å². The second-order valence-electron chi connectivity index (χ2n) is 6.00. The Balaban J connectivity index is 1.54. The van der Waals surface area contributed by atoms with E-state index in [0.717, 1.165) is 24.9 Å². The Morgan fingerprint density at radius 2 is 2.12 bits per heavy atom. The quantitative estimate of drug-likeness (QED) is 0.809. The molecule has 0 aliphatic heterocycles. The number of halogens is 1. The van der Waals surface area contributed by atoms with Crippen molar-refractivity contribution < 1.29 is 9.53 Å². The zero-order chi connectivity index (χ0) is 16.9. The minimum absolute atomic E-state index is 0.0169. The van der Waals surface area contributed by atoms with Gasteiger partial charge in [0.1, 0.15) is 5.75 Å². The summed E-state index contributed by atoms with van der Waals surface area (Å²) in [5.74, 6) is 0.585. The predicted molar refractivity (Wildman–Crippen MR) is 96.2 cm³/mol. The first kappa shape index (κ1) is 16.7. The van der Waals surface area contributed by atoms with E-state index in [0.29, 0.717) is 23.8 Å². The zero-order valence-electron chi connectivity index (χ0n) is 13.4. The lowest BCUT2D eigenvalue weighted by molar-refractivity contribution is -0.122. The largest absolute Gasteiger partial charge is 0.491 e. The molecule has 0 saturated carbocycles. The molecule has 3 rings (SSSR count). The molecule has 1 atom stereocenters. The highest BCUT2D eigenvalue weighted by Crippen LogP contribution is 2.31. The molecule has 1 aliphatic rings. The van der Waals surface area contributed by atoms with E-state index in [-0.39, 0.29) is 11.9 Å². The molecule has 1 unspecified atom stereocenters. The van der Waals surface area contributed by atoms with E-state index < -0.39 is 0 Å².